The Morgan fingerprint density at radius 1 is 0.395 bits per heavy atom. The second kappa shape index (κ2) is 9.93. The number of benzene rings is 5. The molecule has 8 rings (SSSR count). The minimum atomic E-state index is -1.02. The average molecular weight is 551 g/mol. The van der Waals surface area contributed by atoms with E-state index in [0.29, 0.717) is 0 Å². The summed E-state index contributed by atoms with van der Waals surface area (Å²) >= 11 is 0. The number of rotatable bonds is 6. The summed E-state index contributed by atoms with van der Waals surface area (Å²) in [5, 5.41) is 0. The molecular weight excluding hydrogens is 520 g/mol. The molecule has 2 atom stereocenters. The molecule has 0 heterocycles. The highest BCUT2D eigenvalue weighted by Crippen LogP contribution is 2.73. The number of allylic oxidation sites excluding steroid dienone is 8. The Bertz CT molecular complexity index is 1940. The number of carbonyl (C=O) groups is 1. The Morgan fingerprint density at radius 2 is 0.744 bits per heavy atom. The molecule has 0 fully saturated rings. The van der Waals surface area contributed by atoms with E-state index in [2.05, 4.69) is 164 Å². The molecule has 0 amide bonds. The van der Waals surface area contributed by atoms with Crippen LogP contribution < -0.4 is 0 Å². The van der Waals surface area contributed by atoms with Gasteiger partial charge in [0, 0.05) is 5.92 Å². The van der Waals surface area contributed by atoms with E-state index in [4.69, 9.17) is 0 Å². The summed E-state index contributed by atoms with van der Waals surface area (Å²) in [6.45, 7) is 0. The highest BCUT2D eigenvalue weighted by atomic mass is 16.1. The maximum absolute atomic E-state index is 16.2. The Balaban J connectivity index is 1.66. The fourth-order valence-corrected chi connectivity index (χ4v) is 7.94. The van der Waals surface area contributed by atoms with Crippen molar-refractivity contribution in [3.63, 3.8) is 0 Å². The van der Waals surface area contributed by atoms with Crippen LogP contribution in [0.15, 0.2) is 182 Å². The van der Waals surface area contributed by atoms with Gasteiger partial charge in [-0.3, -0.25) is 4.79 Å². The number of fused-ring (bicyclic) bond motifs is 2. The van der Waals surface area contributed by atoms with Gasteiger partial charge in [-0.05, 0) is 50.1 Å². The van der Waals surface area contributed by atoms with Gasteiger partial charge in [0.05, 0.1) is 0 Å². The summed E-state index contributed by atoms with van der Waals surface area (Å²) in [6.07, 6.45) is 8.74. The zero-order valence-corrected chi connectivity index (χ0v) is 23.7. The minimum Gasteiger partial charge on any atom is -0.296 e. The van der Waals surface area contributed by atoms with Crippen LogP contribution >= 0.6 is 0 Å². The molecule has 0 saturated heterocycles. The fraction of sp³-hybridized carbons (Fsp3) is 0.0714. The summed E-state index contributed by atoms with van der Waals surface area (Å²) in [6, 6.07) is 52.7. The molecular formula is C42H30O. The summed E-state index contributed by atoms with van der Waals surface area (Å²) in [4.78, 5) is 16.2. The standard InChI is InChI=1S/C42H30O/c43-40-41(34-26-12-4-13-27-34)36(30-18-6-1-7-19-30)37(31-20-8-2-9-21-31)42(40,35-28-14-5-15-29-35)39(33-24-16-17-25-33)38(41)32-22-10-3-11-23-32/h1-29,33H. The van der Waals surface area contributed by atoms with Crippen LogP contribution in [-0.4, -0.2) is 5.78 Å². The smallest absolute Gasteiger partial charge is 0.171 e. The molecule has 2 bridgehead atoms. The predicted octanol–water partition coefficient (Wildman–Crippen LogP) is 9.27. The summed E-state index contributed by atoms with van der Waals surface area (Å²) in [5.74, 6) is 0.179. The Morgan fingerprint density at radius 3 is 1.19 bits per heavy atom. The molecule has 2 unspecified atom stereocenters. The van der Waals surface area contributed by atoms with E-state index in [1.165, 1.54) is 0 Å². The molecule has 1 heteroatoms. The lowest BCUT2D eigenvalue weighted by atomic mass is 9.61. The summed E-state index contributed by atoms with van der Waals surface area (Å²) < 4.78 is 0. The number of Topliss-reactive ketones (excluding diaryl/α,β-unsaturated/α-hetero) is 1. The lowest BCUT2D eigenvalue weighted by Crippen LogP contribution is -2.39. The predicted molar refractivity (Wildman–Crippen MR) is 176 cm³/mol. The molecule has 0 aromatic heterocycles. The van der Waals surface area contributed by atoms with Crippen molar-refractivity contribution in [3.8, 4) is 0 Å². The fourth-order valence-electron chi connectivity index (χ4n) is 7.94. The van der Waals surface area contributed by atoms with Gasteiger partial charge >= 0.3 is 0 Å². The van der Waals surface area contributed by atoms with Crippen molar-refractivity contribution >= 4 is 22.5 Å². The van der Waals surface area contributed by atoms with E-state index in [1.807, 2.05) is 12.1 Å². The topological polar surface area (TPSA) is 17.1 Å². The van der Waals surface area contributed by atoms with E-state index in [-0.39, 0.29) is 11.7 Å². The summed E-state index contributed by atoms with van der Waals surface area (Å²) in [7, 11) is 0. The minimum absolute atomic E-state index is 0.0269. The molecule has 5 aromatic rings. The third-order valence-corrected chi connectivity index (χ3v) is 9.41. The molecule has 0 saturated carbocycles. The van der Waals surface area contributed by atoms with Crippen molar-refractivity contribution in [3.05, 3.63) is 209 Å². The van der Waals surface area contributed by atoms with Crippen LogP contribution in [0.2, 0.25) is 0 Å². The number of carbonyl (C=O) groups excluding carboxylic acids is 1. The van der Waals surface area contributed by atoms with Gasteiger partial charge in [-0.1, -0.05) is 176 Å². The molecule has 43 heavy (non-hydrogen) atoms. The monoisotopic (exact) mass is 550 g/mol. The molecule has 3 aliphatic rings. The zero-order chi connectivity index (χ0) is 28.9. The molecule has 0 spiro atoms. The van der Waals surface area contributed by atoms with E-state index < -0.39 is 10.8 Å². The van der Waals surface area contributed by atoms with Crippen molar-refractivity contribution in [1.29, 1.82) is 0 Å². The van der Waals surface area contributed by atoms with Gasteiger partial charge < -0.3 is 0 Å². The van der Waals surface area contributed by atoms with Crippen LogP contribution in [0.25, 0.3) is 16.7 Å². The lowest BCUT2D eigenvalue weighted by molar-refractivity contribution is -0.122. The van der Waals surface area contributed by atoms with Crippen molar-refractivity contribution in [2.75, 3.05) is 0 Å². The first-order valence-electron chi connectivity index (χ1n) is 15.0. The van der Waals surface area contributed by atoms with Crippen molar-refractivity contribution in [1.82, 2.24) is 0 Å². The SMILES string of the molecule is O=C1C2(c3ccccc3)C(c3ccccc3)=C(c3ccccc3)C1(c1ccccc1)C(C1C=CC=C1)=C2c1ccccc1. The molecule has 0 radical (unpaired) electrons. The van der Waals surface area contributed by atoms with Crippen molar-refractivity contribution < 1.29 is 4.79 Å². The van der Waals surface area contributed by atoms with Crippen LogP contribution in [0.4, 0.5) is 0 Å². The maximum Gasteiger partial charge on any atom is 0.171 e. The molecule has 5 aromatic carbocycles. The van der Waals surface area contributed by atoms with E-state index >= 15 is 4.79 Å². The Labute approximate surface area is 252 Å². The molecule has 0 N–H and O–H groups in total. The first-order valence-corrected chi connectivity index (χ1v) is 15.0. The third kappa shape index (κ3) is 3.43. The second-order valence-corrected chi connectivity index (χ2v) is 11.5. The van der Waals surface area contributed by atoms with Crippen molar-refractivity contribution in [2.24, 2.45) is 5.92 Å². The van der Waals surface area contributed by atoms with Gasteiger partial charge in [-0.2, -0.15) is 0 Å². The van der Waals surface area contributed by atoms with Gasteiger partial charge in [-0.15, -0.1) is 0 Å². The van der Waals surface area contributed by atoms with E-state index in [9.17, 15) is 0 Å². The van der Waals surface area contributed by atoms with Crippen LogP contribution in [-0.2, 0) is 15.6 Å². The van der Waals surface area contributed by atoms with Gasteiger partial charge in [0.2, 0.25) is 0 Å². The largest absolute Gasteiger partial charge is 0.296 e. The van der Waals surface area contributed by atoms with Gasteiger partial charge in [-0.25, -0.2) is 0 Å². The second-order valence-electron chi connectivity index (χ2n) is 11.5. The van der Waals surface area contributed by atoms with Gasteiger partial charge in [0.25, 0.3) is 0 Å². The summed E-state index contributed by atoms with van der Waals surface area (Å²) in [5.41, 5.74) is 7.65. The third-order valence-electron chi connectivity index (χ3n) is 9.41. The van der Waals surface area contributed by atoms with Crippen molar-refractivity contribution in [2.45, 2.75) is 10.8 Å². The lowest BCUT2D eigenvalue weighted by Gasteiger charge is -2.39. The Kier molecular flexibility index (Phi) is 5.87. The van der Waals surface area contributed by atoms with Crippen LogP contribution in [0, 0.1) is 5.92 Å². The number of hydrogen-bond acceptors (Lipinski definition) is 1. The van der Waals surface area contributed by atoms with Crippen LogP contribution in [0.5, 0.6) is 0 Å². The van der Waals surface area contributed by atoms with E-state index in [0.717, 1.165) is 50.1 Å². The number of hydrogen-bond donors (Lipinski definition) is 0. The molecule has 204 valence electrons. The first-order chi connectivity index (χ1) is 21.3. The highest BCUT2D eigenvalue weighted by Gasteiger charge is 2.72. The molecule has 0 aliphatic heterocycles. The average Bonchev–Trinajstić information content (AvgIpc) is 3.76. The highest BCUT2D eigenvalue weighted by molar-refractivity contribution is 6.39. The number of ketones is 1. The Hall–Kier alpha value is -5.27. The quantitative estimate of drug-likeness (QED) is 0.206. The first kappa shape index (κ1) is 25.4. The van der Waals surface area contributed by atoms with Gasteiger partial charge in [0.15, 0.2) is 5.78 Å². The molecule has 1 nitrogen and oxygen atoms in total. The van der Waals surface area contributed by atoms with Crippen LogP contribution in [0.1, 0.15) is 27.8 Å². The molecule has 3 aliphatic carbocycles. The van der Waals surface area contributed by atoms with E-state index in [1.54, 1.807) is 0 Å². The normalized spacial score (nSPS) is 22.7. The zero-order valence-electron chi connectivity index (χ0n) is 23.7. The van der Waals surface area contributed by atoms with Crippen LogP contribution in [0.3, 0.4) is 0 Å². The van der Waals surface area contributed by atoms with Gasteiger partial charge in [0.1, 0.15) is 10.8 Å². The maximum atomic E-state index is 16.2.